The Hall–Kier alpha value is -0.514. The van der Waals surface area contributed by atoms with Crippen LogP contribution in [0.2, 0.25) is 0 Å². The van der Waals surface area contributed by atoms with Gasteiger partial charge >= 0.3 is 47.3 Å². The first kappa shape index (κ1) is 15.9. The molecule has 0 bridgehead atoms. The third-order valence-electron chi connectivity index (χ3n) is 0.648. The van der Waals surface area contributed by atoms with Crippen molar-refractivity contribution in [3.63, 3.8) is 0 Å². The molecule has 0 aliphatic rings. The van der Waals surface area contributed by atoms with Crippen LogP contribution in [-0.4, -0.2) is 47.3 Å². The van der Waals surface area contributed by atoms with Crippen molar-refractivity contribution in [3.05, 3.63) is 0 Å². The standard InChI is InChI=1S/C4F6O3.Mg.2H/c5-3(6,7)1(11)13-2(12)4(8,9)10;;;/q;+2;2*-1. The minimum absolute atomic E-state index is 0. The zero-order valence-corrected chi connectivity index (χ0v) is 7.61. The second-order valence-corrected chi connectivity index (χ2v) is 1.67. The summed E-state index contributed by atoms with van der Waals surface area (Å²) in [6.07, 6.45) is -11.2. The van der Waals surface area contributed by atoms with Crippen molar-refractivity contribution in [2.24, 2.45) is 0 Å². The molecule has 0 aliphatic carbocycles. The van der Waals surface area contributed by atoms with E-state index in [2.05, 4.69) is 4.74 Å². The summed E-state index contributed by atoms with van der Waals surface area (Å²) in [5, 5.41) is 0. The summed E-state index contributed by atoms with van der Waals surface area (Å²) < 4.78 is 69.7. The van der Waals surface area contributed by atoms with Crippen LogP contribution in [0.1, 0.15) is 2.85 Å². The van der Waals surface area contributed by atoms with E-state index in [1.807, 2.05) is 0 Å². The summed E-state index contributed by atoms with van der Waals surface area (Å²) in [7, 11) is 0. The first-order chi connectivity index (χ1) is 5.55. The van der Waals surface area contributed by atoms with E-state index in [-0.39, 0.29) is 25.9 Å². The van der Waals surface area contributed by atoms with Gasteiger partial charge in [0, 0.05) is 0 Å². The largest absolute Gasteiger partial charge is 2.00 e. The number of esters is 2. The maximum absolute atomic E-state index is 11.2. The molecule has 14 heavy (non-hydrogen) atoms. The molecule has 0 atom stereocenters. The summed E-state index contributed by atoms with van der Waals surface area (Å²) in [4.78, 5) is 19.3. The van der Waals surface area contributed by atoms with Crippen LogP contribution in [0.15, 0.2) is 0 Å². The van der Waals surface area contributed by atoms with Crippen molar-refractivity contribution in [2.45, 2.75) is 12.4 Å². The Labute approximate surface area is 91.5 Å². The quantitative estimate of drug-likeness (QED) is 0.273. The van der Waals surface area contributed by atoms with Crippen molar-refractivity contribution in [2.75, 3.05) is 0 Å². The van der Waals surface area contributed by atoms with E-state index in [1.54, 1.807) is 0 Å². The molecular formula is C4H2F6MgO3. The zero-order valence-electron chi connectivity index (χ0n) is 8.20. The number of halogens is 6. The van der Waals surface area contributed by atoms with Crippen molar-refractivity contribution in [1.82, 2.24) is 0 Å². The van der Waals surface area contributed by atoms with Gasteiger partial charge in [0.15, 0.2) is 0 Å². The molecule has 0 radical (unpaired) electrons. The fourth-order valence-corrected chi connectivity index (χ4v) is 0.200. The molecule has 10 heteroatoms. The minimum atomic E-state index is -5.62. The Kier molecular flexibility index (Phi) is 5.49. The molecule has 0 saturated heterocycles. The molecule has 0 rings (SSSR count). The number of rotatable bonds is 0. The van der Waals surface area contributed by atoms with Gasteiger partial charge in [-0.25, -0.2) is 9.59 Å². The van der Waals surface area contributed by atoms with Gasteiger partial charge < -0.3 is 7.59 Å². The Morgan fingerprint density at radius 1 is 0.857 bits per heavy atom. The van der Waals surface area contributed by atoms with Gasteiger partial charge in [0.05, 0.1) is 0 Å². The summed E-state index contributed by atoms with van der Waals surface area (Å²) in [6.45, 7) is 0. The molecular weight excluding hydrogens is 234 g/mol. The van der Waals surface area contributed by atoms with Gasteiger partial charge in [-0.3, -0.25) is 0 Å². The zero-order chi connectivity index (χ0) is 10.9. The van der Waals surface area contributed by atoms with E-state index in [9.17, 15) is 35.9 Å². The van der Waals surface area contributed by atoms with E-state index < -0.39 is 24.3 Å². The number of hydrogen-bond donors (Lipinski definition) is 0. The van der Waals surface area contributed by atoms with Crippen LogP contribution < -0.4 is 0 Å². The fraction of sp³-hybridized carbons (Fsp3) is 0.500. The summed E-state index contributed by atoms with van der Waals surface area (Å²) in [5.41, 5.74) is 0. The summed E-state index contributed by atoms with van der Waals surface area (Å²) in [6, 6.07) is 0. The van der Waals surface area contributed by atoms with E-state index in [4.69, 9.17) is 0 Å². The number of hydrogen-bond acceptors (Lipinski definition) is 3. The predicted molar refractivity (Wildman–Crippen MR) is 31.2 cm³/mol. The molecule has 0 N–H and O–H groups in total. The van der Waals surface area contributed by atoms with Crippen LogP contribution in [0.5, 0.6) is 0 Å². The van der Waals surface area contributed by atoms with E-state index >= 15 is 0 Å². The molecule has 0 aliphatic heterocycles. The molecule has 0 aromatic heterocycles. The molecule has 0 amide bonds. The molecule has 80 valence electrons. The monoisotopic (exact) mass is 236 g/mol. The second kappa shape index (κ2) is 4.82. The van der Waals surface area contributed by atoms with Crippen LogP contribution in [-0.2, 0) is 14.3 Å². The third-order valence-corrected chi connectivity index (χ3v) is 0.648. The molecule has 0 aromatic rings. The van der Waals surface area contributed by atoms with Gasteiger partial charge in [0.1, 0.15) is 0 Å². The Morgan fingerprint density at radius 2 is 1.07 bits per heavy atom. The van der Waals surface area contributed by atoms with Crippen molar-refractivity contribution in [3.8, 4) is 0 Å². The SMILES string of the molecule is O=C(OC(=O)C(F)(F)F)C(F)(F)F.[H-].[H-].[Mg+2]. The Bertz CT molecular complexity index is 215. The third kappa shape index (κ3) is 5.27. The van der Waals surface area contributed by atoms with Gasteiger partial charge in [0.25, 0.3) is 0 Å². The maximum atomic E-state index is 11.2. The Balaban J connectivity index is -0.000000240. The first-order valence-electron chi connectivity index (χ1n) is 2.45. The van der Waals surface area contributed by atoms with Crippen LogP contribution in [0, 0.1) is 0 Å². The van der Waals surface area contributed by atoms with Gasteiger partial charge in [-0.15, -0.1) is 0 Å². The van der Waals surface area contributed by atoms with Crippen LogP contribution >= 0.6 is 0 Å². The van der Waals surface area contributed by atoms with E-state index in [1.165, 1.54) is 0 Å². The molecule has 0 saturated carbocycles. The maximum Gasteiger partial charge on any atom is 2.00 e. The minimum Gasteiger partial charge on any atom is -1.00 e. The van der Waals surface area contributed by atoms with E-state index in [0.717, 1.165) is 0 Å². The normalized spacial score (nSPS) is 11.6. The molecule has 0 aromatic carbocycles. The molecule has 0 unspecified atom stereocenters. The predicted octanol–water partition coefficient (Wildman–Crippen LogP) is 1.03. The van der Waals surface area contributed by atoms with Crippen LogP contribution in [0.25, 0.3) is 0 Å². The van der Waals surface area contributed by atoms with Crippen LogP contribution in [0.4, 0.5) is 26.3 Å². The van der Waals surface area contributed by atoms with Gasteiger partial charge in [-0.2, -0.15) is 26.3 Å². The van der Waals surface area contributed by atoms with Crippen LogP contribution in [0.3, 0.4) is 0 Å². The van der Waals surface area contributed by atoms with Gasteiger partial charge in [-0.05, 0) is 0 Å². The summed E-state index contributed by atoms with van der Waals surface area (Å²) in [5.74, 6) is -6.40. The fourth-order valence-electron chi connectivity index (χ4n) is 0.200. The van der Waals surface area contributed by atoms with Crippen molar-refractivity contribution < 1.29 is 43.5 Å². The summed E-state index contributed by atoms with van der Waals surface area (Å²) >= 11 is 0. The number of carbonyl (C=O) groups is 2. The van der Waals surface area contributed by atoms with Crippen molar-refractivity contribution in [1.29, 1.82) is 0 Å². The van der Waals surface area contributed by atoms with Gasteiger partial charge in [0.2, 0.25) is 0 Å². The molecule has 0 fully saturated rings. The molecule has 0 heterocycles. The molecule has 3 nitrogen and oxygen atoms in total. The second-order valence-electron chi connectivity index (χ2n) is 1.67. The number of ether oxygens (including phenoxy) is 1. The average Bonchev–Trinajstić information content (AvgIpc) is 1.82. The van der Waals surface area contributed by atoms with Crippen molar-refractivity contribution >= 4 is 35.0 Å². The average molecular weight is 236 g/mol. The Morgan fingerprint density at radius 3 is 1.21 bits per heavy atom. The molecule has 0 spiro atoms. The number of alkyl halides is 6. The van der Waals surface area contributed by atoms with Gasteiger partial charge in [-0.1, -0.05) is 0 Å². The van der Waals surface area contributed by atoms with E-state index in [0.29, 0.717) is 0 Å². The number of carbonyl (C=O) groups excluding carboxylic acids is 2. The topological polar surface area (TPSA) is 43.4 Å². The smallest absolute Gasteiger partial charge is 1.00 e. The first-order valence-corrected chi connectivity index (χ1v) is 2.45.